The molecule has 14 heavy (non-hydrogen) atoms. The van der Waals surface area contributed by atoms with Crippen molar-refractivity contribution in [1.82, 2.24) is 0 Å². The van der Waals surface area contributed by atoms with Crippen molar-refractivity contribution in [2.45, 2.75) is 5.85 Å². The van der Waals surface area contributed by atoms with E-state index in [0.717, 1.165) is 0 Å². The molecule has 0 radical (unpaired) electrons. The molecule has 8 nitrogen and oxygen atoms in total. The van der Waals surface area contributed by atoms with E-state index in [-0.39, 0.29) is 6.08 Å². The van der Waals surface area contributed by atoms with Gasteiger partial charge in [0.1, 0.15) is 0 Å². The highest BCUT2D eigenvalue weighted by molar-refractivity contribution is 7.52. The van der Waals surface area contributed by atoms with Crippen LogP contribution in [0, 0.1) is 0 Å². The van der Waals surface area contributed by atoms with E-state index in [0.29, 0.717) is 0 Å². The molecular formula is C5H6O8P-. The molecule has 0 amide bonds. The fraction of sp³-hybridized carbons (Fsp3) is 0.200. The maximum Gasteiger partial charge on any atom is 0.358 e. The standard InChI is InChI=1S/C5H7O8P/c6-3(7)1-2(4(8)9)5(10)14(11,12)13/h1,5,10H,(H,6,7)(H,8,9)(H2,11,12,13)/p-1/b2-1+/t5-/m0/s1. The number of hydrogen-bond acceptors (Lipinski definition) is 5. The summed E-state index contributed by atoms with van der Waals surface area (Å²) < 4.78 is 10.4. The second-order valence-corrected chi connectivity index (χ2v) is 3.86. The van der Waals surface area contributed by atoms with E-state index >= 15 is 0 Å². The molecule has 9 heteroatoms. The Hall–Kier alpha value is -1.21. The van der Waals surface area contributed by atoms with Crippen LogP contribution in [0.3, 0.4) is 0 Å². The highest BCUT2D eigenvalue weighted by Crippen LogP contribution is 2.42. The predicted octanol–water partition coefficient (Wildman–Crippen LogP) is -2.76. The van der Waals surface area contributed by atoms with Gasteiger partial charge < -0.3 is 29.9 Å². The minimum Gasteiger partial charge on any atom is -0.545 e. The number of carboxylic acids is 2. The van der Waals surface area contributed by atoms with Crippen molar-refractivity contribution in [3.63, 3.8) is 0 Å². The summed E-state index contributed by atoms with van der Waals surface area (Å²) in [6, 6.07) is 0. The summed E-state index contributed by atoms with van der Waals surface area (Å²) in [5, 5.41) is 27.0. The van der Waals surface area contributed by atoms with Gasteiger partial charge in [-0.25, -0.2) is 4.79 Å². The molecule has 0 rings (SSSR count). The zero-order valence-electron chi connectivity index (χ0n) is 6.52. The van der Waals surface area contributed by atoms with Crippen LogP contribution < -0.4 is 5.11 Å². The molecule has 0 aromatic heterocycles. The van der Waals surface area contributed by atoms with Gasteiger partial charge in [0.15, 0.2) is 5.85 Å². The molecule has 4 N–H and O–H groups in total. The highest BCUT2D eigenvalue weighted by atomic mass is 31.2. The van der Waals surface area contributed by atoms with E-state index < -0.39 is 31.0 Å². The van der Waals surface area contributed by atoms with Crippen molar-refractivity contribution in [2.24, 2.45) is 0 Å². The number of hydrogen-bond donors (Lipinski definition) is 4. The van der Waals surface area contributed by atoms with Crippen molar-refractivity contribution < 1.29 is 39.3 Å². The molecule has 0 unspecified atom stereocenters. The normalized spacial score (nSPS) is 14.9. The lowest BCUT2D eigenvalue weighted by atomic mass is 10.2. The summed E-state index contributed by atoms with van der Waals surface area (Å²) in [5.74, 6) is -6.64. The first kappa shape index (κ1) is 12.8. The Morgan fingerprint density at radius 1 is 1.36 bits per heavy atom. The van der Waals surface area contributed by atoms with Gasteiger partial charge in [0, 0.05) is 11.6 Å². The van der Waals surface area contributed by atoms with E-state index in [1.807, 2.05) is 0 Å². The Kier molecular flexibility index (Phi) is 3.96. The highest BCUT2D eigenvalue weighted by Gasteiger charge is 2.31. The largest absolute Gasteiger partial charge is 0.545 e. The molecule has 0 aromatic carbocycles. The Labute approximate surface area is 77.3 Å². The van der Waals surface area contributed by atoms with Crippen LogP contribution >= 0.6 is 7.60 Å². The molecule has 1 atom stereocenters. The summed E-state index contributed by atoms with van der Waals surface area (Å²) >= 11 is 0. The topological polar surface area (TPSA) is 155 Å². The van der Waals surface area contributed by atoms with Crippen LogP contribution in [0.5, 0.6) is 0 Å². The minimum atomic E-state index is -5.12. The van der Waals surface area contributed by atoms with Gasteiger partial charge in [-0.05, 0) is 0 Å². The van der Waals surface area contributed by atoms with Crippen molar-refractivity contribution in [3.8, 4) is 0 Å². The lowest BCUT2D eigenvalue weighted by Gasteiger charge is -2.16. The first-order valence-corrected chi connectivity index (χ1v) is 4.73. The number of carboxylic acid groups (broad SMARTS) is 2. The SMILES string of the molecule is O=C(O)/C=C(\C(=O)[O-])[C@@H](O)P(=O)(O)O. The second kappa shape index (κ2) is 4.34. The number of carbonyl (C=O) groups is 2. The Morgan fingerprint density at radius 2 is 1.79 bits per heavy atom. The van der Waals surface area contributed by atoms with E-state index in [1.165, 1.54) is 0 Å². The summed E-state index contributed by atoms with van der Waals surface area (Å²) in [4.78, 5) is 36.9. The summed E-state index contributed by atoms with van der Waals surface area (Å²) in [7, 11) is -5.12. The maximum atomic E-state index is 10.4. The summed E-state index contributed by atoms with van der Waals surface area (Å²) in [6.45, 7) is 0. The van der Waals surface area contributed by atoms with Gasteiger partial charge in [0.25, 0.3) is 0 Å². The molecule has 0 aliphatic rings. The first-order chi connectivity index (χ1) is 6.16. The quantitative estimate of drug-likeness (QED) is 0.296. The van der Waals surface area contributed by atoms with Crippen LogP contribution in [0.15, 0.2) is 11.6 Å². The van der Waals surface area contributed by atoms with E-state index in [1.54, 1.807) is 0 Å². The van der Waals surface area contributed by atoms with Crippen LogP contribution in [0.2, 0.25) is 0 Å². The zero-order valence-corrected chi connectivity index (χ0v) is 7.42. The van der Waals surface area contributed by atoms with Crippen LogP contribution in [0.25, 0.3) is 0 Å². The molecule has 0 spiro atoms. The van der Waals surface area contributed by atoms with E-state index in [9.17, 15) is 19.3 Å². The number of aliphatic carboxylic acids is 2. The smallest absolute Gasteiger partial charge is 0.358 e. The molecule has 0 heterocycles. The van der Waals surface area contributed by atoms with Gasteiger partial charge in [0.2, 0.25) is 0 Å². The van der Waals surface area contributed by atoms with Gasteiger partial charge in [-0.1, -0.05) is 0 Å². The molecule has 0 fully saturated rings. The third kappa shape index (κ3) is 3.67. The fourth-order valence-electron chi connectivity index (χ4n) is 0.553. The van der Waals surface area contributed by atoms with Crippen molar-refractivity contribution in [3.05, 3.63) is 11.6 Å². The van der Waals surface area contributed by atoms with Crippen molar-refractivity contribution in [1.29, 1.82) is 0 Å². The number of rotatable bonds is 4. The molecule has 0 aliphatic heterocycles. The molecule has 80 valence electrons. The lowest BCUT2D eigenvalue weighted by Crippen LogP contribution is -2.31. The maximum absolute atomic E-state index is 10.4. The second-order valence-electron chi connectivity index (χ2n) is 2.19. The number of aliphatic hydroxyl groups is 1. The molecular weight excluding hydrogens is 219 g/mol. The van der Waals surface area contributed by atoms with E-state index in [4.69, 9.17) is 20.0 Å². The summed E-state index contributed by atoms with van der Waals surface area (Å²) in [6.07, 6.45) is -0.0426. The molecule has 0 bridgehead atoms. The van der Waals surface area contributed by atoms with Crippen LogP contribution in [-0.2, 0) is 14.2 Å². The predicted molar refractivity (Wildman–Crippen MR) is 38.8 cm³/mol. The minimum absolute atomic E-state index is 0.0426. The Bertz CT molecular complexity index is 325. The third-order valence-electron chi connectivity index (χ3n) is 1.11. The van der Waals surface area contributed by atoms with E-state index in [2.05, 4.69) is 0 Å². The van der Waals surface area contributed by atoms with Crippen LogP contribution in [-0.4, -0.2) is 37.8 Å². The Morgan fingerprint density at radius 3 is 2.00 bits per heavy atom. The molecule has 0 saturated heterocycles. The average Bonchev–Trinajstić information content (AvgIpc) is 1.96. The van der Waals surface area contributed by atoms with Gasteiger partial charge in [-0.2, -0.15) is 0 Å². The number of carbonyl (C=O) groups excluding carboxylic acids is 1. The molecule has 0 aromatic rings. The van der Waals surface area contributed by atoms with Crippen LogP contribution in [0.4, 0.5) is 0 Å². The first-order valence-electron chi connectivity index (χ1n) is 3.05. The zero-order chi connectivity index (χ0) is 11.5. The van der Waals surface area contributed by atoms with Crippen molar-refractivity contribution in [2.75, 3.05) is 0 Å². The monoisotopic (exact) mass is 225 g/mol. The lowest BCUT2D eigenvalue weighted by molar-refractivity contribution is -0.300. The third-order valence-corrected chi connectivity index (χ3v) is 2.03. The molecule has 0 saturated carbocycles. The summed E-state index contributed by atoms with van der Waals surface area (Å²) in [5.41, 5.74) is -1.38. The fourth-order valence-corrected chi connectivity index (χ4v) is 1.10. The van der Waals surface area contributed by atoms with Gasteiger partial charge in [-0.3, -0.25) is 4.57 Å². The number of aliphatic hydroxyl groups excluding tert-OH is 1. The van der Waals surface area contributed by atoms with Crippen LogP contribution in [0.1, 0.15) is 0 Å². The van der Waals surface area contributed by atoms with Gasteiger partial charge in [0.05, 0.1) is 5.97 Å². The van der Waals surface area contributed by atoms with Gasteiger partial charge >= 0.3 is 13.6 Å². The average molecular weight is 225 g/mol. The Balaban J connectivity index is 5.15. The molecule has 0 aliphatic carbocycles. The van der Waals surface area contributed by atoms with Gasteiger partial charge in [-0.15, -0.1) is 0 Å². The van der Waals surface area contributed by atoms with Crippen molar-refractivity contribution >= 4 is 19.5 Å².